The number of ketones is 1. The van der Waals surface area contributed by atoms with Crippen LogP contribution in [0.25, 0.3) is 0 Å². The van der Waals surface area contributed by atoms with Crippen LogP contribution in [0.1, 0.15) is 37.3 Å². The molecule has 0 heterocycles. The van der Waals surface area contributed by atoms with Gasteiger partial charge in [-0.15, -0.1) is 0 Å². The minimum absolute atomic E-state index is 0.132. The van der Waals surface area contributed by atoms with Crippen LogP contribution in [0.4, 0.5) is 0 Å². The van der Waals surface area contributed by atoms with Gasteiger partial charge in [-0.05, 0) is 25.8 Å². The maximum absolute atomic E-state index is 11.6. The van der Waals surface area contributed by atoms with E-state index in [1.165, 1.54) is 5.56 Å². The van der Waals surface area contributed by atoms with Crippen LogP contribution in [0, 0.1) is 6.92 Å². The molecule has 1 aromatic rings. The summed E-state index contributed by atoms with van der Waals surface area (Å²) in [5.41, 5.74) is 2.13. The molecule has 0 saturated heterocycles. The topological polar surface area (TPSA) is 43.4 Å². The molecule has 1 aromatic carbocycles. The fourth-order valence-corrected chi connectivity index (χ4v) is 1.84. The van der Waals surface area contributed by atoms with Crippen LogP contribution < -0.4 is 0 Å². The van der Waals surface area contributed by atoms with E-state index in [0.717, 1.165) is 10.4 Å². The third-order valence-electron chi connectivity index (χ3n) is 2.65. The number of hydrogen-bond acceptors (Lipinski definition) is 4. The van der Waals surface area contributed by atoms with Gasteiger partial charge >= 0.3 is 5.97 Å². The van der Waals surface area contributed by atoms with E-state index in [1.807, 2.05) is 31.2 Å². The van der Waals surface area contributed by atoms with E-state index in [9.17, 15) is 9.59 Å². The first-order valence-electron chi connectivity index (χ1n) is 6.30. The molecule has 0 fully saturated rings. The molecule has 0 amide bonds. The van der Waals surface area contributed by atoms with E-state index < -0.39 is 5.97 Å². The lowest BCUT2D eigenvalue weighted by atomic mass is 10.0. The molecular weight excluding hydrogens is 260 g/mol. The molecule has 0 bridgehead atoms. The van der Waals surface area contributed by atoms with Gasteiger partial charge in [-0.1, -0.05) is 42.0 Å². The van der Waals surface area contributed by atoms with Crippen molar-refractivity contribution >= 4 is 28.8 Å². The van der Waals surface area contributed by atoms with Crippen molar-refractivity contribution in [2.75, 3.05) is 6.61 Å². The maximum Gasteiger partial charge on any atom is 0.313 e. The van der Waals surface area contributed by atoms with Crippen LogP contribution in [-0.4, -0.2) is 23.2 Å². The fourth-order valence-electron chi connectivity index (χ4n) is 1.60. The lowest BCUT2D eigenvalue weighted by Crippen LogP contribution is -2.12. The van der Waals surface area contributed by atoms with Gasteiger partial charge in [0.1, 0.15) is 12.2 Å². The predicted octanol–water partition coefficient (Wildman–Crippen LogP) is 3.02. The van der Waals surface area contributed by atoms with E-state index in [4.69, 9.17) is 17.0 Å². The Bertz CT molecular complexity index is 463. The molecule has 0 aliphatic rings. The van der Waals surface area contributed by atoms with Crippen molar-refractivity contribution in [2.45, 2.75) is 33.1 Å². The smallest absolute Gasteiger partial charge is 0.313 e. The lowest BCUT2D eigenvalue weighted by Gasteiger charge is -2.04. The van der Waals surface area contributed by atoms with Crippen molar-refractivity contribution in [3.63, 3.8) is 0 Å². The second-order valence-corrected chi connectivity index (χ2v) is 4.80. The highest BCUT2D eigenvalue weighted by molar-refractivity contribution is 7.80. The van der Waals surface area contributed by atoms with Gasteiger partial charge in [0.2, 0.25) is 0 Å². The monoisotopic (exact) mass is 278 g/mol. The van der Waals surface area contributed by atoms with Crippen molar-refractivity contribution in [2.24, 2.45) is 0 Å². The Morgan fingerprint density at radius 3 is 2.37 bits per heavy atom. The molecule has 19 heavy (non-hydrogen) atoms. The summed E-state index contributed by atoms with van der Waals surface area (Å²) in [6.45, 7) is 4.03. The zero-order valence-electron chi connectivity index (χ0n) is 11.3. The number of esters is 1. The van der Waals surface area contributed by atoms with Gasteiger partial charge in [-0.25, -0.2) is 0 Å². The molecule has 1 rings (SSSR count). The molecule has 0 spiro atoms. The Labute approximate surface area is 119 Å². The highest BCUT2D eigenvalue weighted by Gasteiger charge is 2.11. The third kappa shape index (κ3) is 5.75. The van der Waals surface area contributed by atoms with E-state index in [-0.39, 0.29) is 18.6 Å². The molecule has 102 valence electrons. The van der Waals surface area contributed by atoms with Crippen molar-refractivity contribution in [3.8, 4) is 0 Å². The fraction of sp³-hybridized carbons (Fsp3) is 0.400. The number of hydrogen-bond donors (Lipinski definition) is 0. The molecule has 3 nitrogen and oxygen atoms in total. The van der Waals surface area contributed by atoms with Crippen LogP contribution in [0.2, 0.25) is 0 Å². The summed E-state index contributed by atoms with van der Waals surface area (Å²) in [5, 5.41) is 0. The average Bonchev–Trinajstić information content (AvgIpc) is 2.37. The molecule has 4 heteroatoms. The maximum atomic E-state index is 11.6. The Kier molecular flexibility index (Phi) is 6.36. The molecular formula is C15H18O3S. The molecule has 0 aliphatic heterocycles. The number of Topliss-reactive ketones (excluding diaryl/α,β-unsaturated/α-hetero) is 1. The summed E-state index contributed by atoms with van der Waals surface area (Å²) in [6, 6.07) is 7.88. The second kappa shape index (κ2) is 7.79. The van der Waals surface area contributed by atoms with Crippen LogP contribution in [0.3, 0.4) is 0 Å². The van der Waals surface area contributed by atoms with E-state index >= 15 is 0 Å². The van der Waals surface area contributed by atoms with Crippen LogP contribution in [0.15, 0.2) is 24.3 Å². The normalized spacial score (nSPS) is 10.0. The summed E-state index contributed by atoms with van der Waals surface area (Å²) in [4.78, 5) is 23.4. The first-order valence-corrected chi connectivity index (χ1v) is 6.71. The summed E-state index contributed by atoms with van der Waals surface area (Å²) in [6.07, 6.45) is 0.618. The van der Waals surface area contributed by atoms with Gasteiger partial charge in [0.15, 0.2) is 0 Å². The van der Waals surface area contributed by atoms with Gasteiger partial charge in [0, 0.05) is 11.3 Å². The lowest BCUT2D eigenvalue weighted by molar-refractivity contribution is -0.145. The highest BCUT2D eigenvalue weighted by Crippen LogP contribution is 2.10. The Balaban J connectivity index is 2.40. The average molecular weight is 278 g/mol. The highest BCUT2D eigenvalue weighted by atomic mass is 32.1. The van der Waals surface area contributed by atoms with Gasteiger partial charge in [-0.3, -0.25) is 9.59 Å². The Morgan fingerprint density at radius 1 is 1.16 bits per heavy atom. The molecule has 0 aromatic heterocycles. The number of aryl methyl sites for hydroxylation is 1. The number of thiocarbonyl (C=S) groups is 1. The summed E-state index contributed by atoms with van der Waals surface area (Å²) in [5.74, 6) is -0.596. The van der Waals surface area contributed by atoms with E-state index in [1.54, 1.807) is 6.92 Å². The standard InChI is InChI=1S/C15H18O3S/c1-3-18-15(17)10-13(16)8-9-14(19)12-6-4-11(2)5-7-12/h4-7H,3,8-10H2,1-2H3. The number of benzene rings is 1. The molecule has 0 unspecified atom stereocenters. The molecule has 0 aliphatic carbocycles. The van der Waals surface area contributed by atoms with Gasteiger partial charge in [-0.2, -0.15) is 0 Å². The van der Waals surface area contributed by atoms with E-state index in [2.05, 4.69) is 0 Å². The zero-order chi connectivity index (χ0) is 14.3. The zero-order valence-corrected chi connectivity index (χ0v) is 12.1. The SMILES string of the molecule is CCOC(=O)CC(=O)CCC(=S)c1ccc(C)cc1. The largest absolute Gasteiger partial charge is 0.466 e. The van der Waals surface area contributed by atoms with E-state index in [0.29, 0.717) is 13.0 Å². The minimum atomic E-state index is -0.464. The van der Waals surface area contributed by atoms with Gasteiger partial charge in [0.05, 0.1) is 6.61 Å². The van der Waals surface area contributed by atoms with Crippen molar-refractivity contribution in [3.05, 3.63) is 35.4 Å². The van der Waals surface area contributed by atoms with Crippen LogP contribution in [0.5, 0.6) is 0 Å². The van der Waals surface area contributed by atoms with Crippen molar-refractivity contribution in [1.82, 2.24) is 0 Å². The van der Waals surface area contributed by atoms with Crippen LogP contribution >= 0.6 is 12.2 Å². The number of carbonyl (C=O) groups excluding carboxylic acids is 2. The second-order valence-electron chi connectivity index (χ2n) is 4.31. The number of ether oxygens (including phenoxy) is 1. The minimum Gasteiger partial charge on any atom is -0.466 e. The molecule has 0 atom stereocenters. The first-order chi connectivity index (χ1) is 9.02. The third-order valence-corrected chi connectivity index (χ3v) is 3.09. The van der Waals surface area contributed by atoms with Crippen LogP contribution in [-0.2, 0) is 14.3 Å². The summed E-state index contributed by atoms with van der Waals surface area (Å²) < 4.78 is 4.72. The quantitative estimate of drug-likeness (QED) is 0.333. The van der Waals surface area contributed by atoms with Crippen molar-refractivity contribution in [1.29, 1.82) is 0 Å². The Hall–Kier alpha value is -1.55. The number of carbonyl (C=O) groups is 2. The van der Waals surface area contributed by atoms with Crippen molar-refractivity contribution < 1.29 is 14.3 Å². The first kappa shape index (κ1) is 15.5. The molecule has 0 N–H and O–H groups in total. The number of rotatable bonds is 7. The molecule has 0 radical (unpaired) electrons. The summed E-state index contributed by atoms with van der Waals surface area (Å²) >= 11 is 5.28. The Morgan fingerprint density at radius 2 is 1.79 bits per heavy atom. The van der Waals surface area contributed by atoms with Gasteiger partial charge in [0.25, 0.3) is 0 Å². The van der Waals surface area contributed by atoms with Gasteiger partial charge < -0.3 is 4.74 Å². The summed E-state index contributed by atoms with van der Waals surface area (Å²) in [7, 11) is 0. The predicted molar refractivity (Wildman–Crippen MR) is 78.4 cm³/mol. The molecule has 0 saturated carbocycles.